The van der Waals surface area contributed by atoms with Gasteiger partial charge < -0.3 is 20.7 Å². The minimum atomic E-state index is -1.11. The van der Waals surface area contributed by atoms with Crippen LogP contribution >= 0.6 is 0 Å². The van der Waals surface area contributed by atoms with E-state index in [1.54, 1.807) is 31.7 Å². The van der Waals surface area contributed by atoms with Crippen LogP contribution in [0.3, 0.4) is 0 Å². The van der Waals surface area contributed by atoms with Crippen molar-refractivity contribution in [3.63, 3.8) is 0 Å². The van der Waals surface area contributed by atoms with Gasteiger partial charge in [-0.25, -0.2) is 19.3 Å². The maximum atomic E-state index is 13.4. The first-order valence-electron chi connectivity index (χ1n) is 9.32. The van der Waals surface area contributed by atoms with E-state index in [4.69, 9.17) is 5.73 Å². The van der Waals surface area contributed by atoms with Crippen LogP contribution in [0.15, 0.2) is 42.9 Å². The highest BCUT2D eigenvalue weighted by atomic mass is 19.1. The Balaban J connectivity index is 1.81. The molecule has 3 aromatic rings. The molecule has 28 heavy (non-hydrogen) atoms. The smallest absolute Gasteiger partial charge is 0.222 e. The lowest BCUT2D eigenvalue weighted by atomic mass is 9.88. The number of hydrogen-bond acceptors (Lipinski definition) is 6. The molecule has 1 aliphatic carbocycles. The van der Waals surface area contributed by atoms with Crippen LogP contribution in [0.1, 0.15) is 31.7 Å². The Morgan fingerprint density at radius 2 is 1.89 bits per heavy atom. The number of aromatic nitrogens is 4. The zero-order valence-electron chi connectivity index (χ0n) is 15.6. The molecule has 0 aliphatic heterocycles. The summed E-state index contributed by atoms with van der Waals surface area (Å²) in [5.41, 5.74) is 7.89. The maximum absolute atomic E-state index is 13.4. The number of nitrogens with zero attached hydrogens (tertiary/aromatic N) is 4. The summed E-state index contributed by atoms with van der Waals surface area (Å²) in [6.07, 6.45) is 6.01. The lowest BCUT2D eigenvalue weighted by Crippen LogP contribution is -2.43. The third kappa shape index (κ3) is 3.61. The number of aliphatic hydroxyl groups is 1. The van der Waals surface area contributed by atoms with Crippen LogP contribution in [0.2, 0.25) is 0 Å². The molecule has 0 unspecified atom stereocenters. The number of benzene rings is 1. The minimum absolute atomic E-state index is 0.147. The predicted molar refractivity (Wildman–Crippen MR) is 105 cm³/mol. The molecule has 0 saturated heterocycles. The van der Waals surface area contributed by atoms with Crippen molar-refractivity contribution in [2.75, 3.05) is 12.4 Å². The summed E-state index contributed by atoms with van der Waals surface area (Å²) in [6.45, 7) is 0. The summed E-state index contributed by atoms with van der Waals surface area (Å²) in [6, 6.07) is 8.26. The van der Waals surface area contributed by atoms with Crippen molar-refractivity contribution in [3.8, 4) is 22.6 Å². The fourth-order valence-corrected chi connectivity index (χ4v) is 3.70. The topological polar surface area (TPSA) is 102 Å². The van der Waals surface area contributed by atoms with E-state index in [2.05, 4.69) is 24.8 Å². The van der Waals surface area contributed by atoms with Gasteiger partial charge in [-0.2, -0.15) is 0 Å². The van der Waals surface area contributed by atoms with Crippen LogP contribution in [-0.2, 0) is 0 Å². The first-order valence-corrected chi connectivity index (χ1v) is 9.32. The van der Waals surface area contributed by atoms with Crippen molar-refractivity contribution in [2.24, 2.45) is 5.73 Å². The van der Waals surface area contributed by atoms with Crippen LogP contribution in [0, 0.1) is 5.82 Å². The normalized spacial score (nSPS) is 22.2. The molecule has 4 N–H and O–H groups in total. The minimum Gasteiger partial charge on any atom is -0.376 e. The Labute approximate surface area is 162 Å². The molecular formula is C20H23FN6O. The molecule has 7 nitrogen and oxygen atoms in total. The molecule has 1 fully saturated rings. The van der Waals surface area contributed by atoms with Crippen molar-refractivity contribution >= 4 is 5.95 Å². The van der Waals surface area contributed by atoms with Gasteiger partial charge in [0.2, 0.25) is 5.95 Å². The van der Waals surface area contributed by atoms with Gasteiger partial charge in [0.1, 0.15) is 11.5 Å². The van der Waals surface area contributed by atoms with E-state index < -0.39 is 5.72 Å². The number of hydrogen-bond donors (Lipinski definition) is 3. The van der Waals surface area contributed by atoms with Gasteiger partial charge in [0, 0.05) is 24.8 Å². The molecule has 1 aliphatic rings. The standard InChI is InChI=1S/C20H23FN6O/c1-23-19-24-11-8-16(26-19)18-17(13-2-4-14(21)5-3-13)25-12-27(18)15-6-9-20(22,28)10-7-15/h2-5,8,11-12,15,28H,6-7,9-10,22H2,1H3,(H,23,24,26). The van der Waals surface area contributed by atoms with Crippen LogP contribution in [-0.4, -0.2) is 37.4 Å². The van der Waals surface area contributed by atoms with E-state index >= 15 is 0 Å². The van der Waals surface area contributed by atoms with E-state index in [0.717, 1.165) is 35.5 Å². The second-order valence-electron chi connectivity index (χ2n) is 7.21. The predicted octanol–water partition coefficient (Wildman–Crippen LogP) is 2.95. The Bertz CT molecular complexity index is 959. The van der Waals surface area contributed by atoms with Crippen molar-refractivity contribution in [3.05, 3.63) is 48.7 Å². The zero-order valence-corrected chi connectivity index (χ0v) is 15.6. The molecule has 8 heteroatoms. The Morgan fingerprint density at radius 3 is 2.57 bits per heavy atom. The van der Waals surface area contributed by atoms with Crippen LogP contribution < -0.4 is 11.1 Å². The number of imidazole rings is 1. The average molecular weight is 382 g/mol. The molecule has 4 rings (SSSR count). The van der Waals surface area contributed by atoms with Crippen molar-refractivity contribution in [2.45, 2.75) is 37.5 Å². The van der Waals surface area contributed by atoms with E-state index in [1.807, 2.05) is 6.07 Å². The SMILES string of the molecule is CNc1nccc(-c2c(-c3ccc(F)cc3)ncn2C2CCC(N)(O)CC2)n1. The van der Waals surface area contributed by atoms with Crippen molar-refractivity contribution < 1.29 is 9.50 Å². The Hall–Kier alpha value is -2.84. The molecule has 0 bridgehead atoms. The first kappa shape index (κ1) is 18.5. The second-order valence-corrected chi connectivity index (χ2v) is 7.21. The van der Waals surface area contributed by atoms with Gasteiger partial charge in [-0.05, 0) is 56.0 Å². The molecule has 2 aromatic heterocycles. The van der Waals surface area contributed by atoms with Gasteiger partial charge in [-0.3, -0.25) is 0 Å². The molecule has 0 radical (unpaired) electrons. The van der Waals surface area contributed by atoms with Crippen molar-refractivity contribution in [1.29, 1.82) is 0 Å². The largest absolute Gasteiger partial charge is 0.376 e. The Morgan fingerprint density at radius 1 is 1.18 bits per heavy atom. The second kappa shape index (κ2) is 7.29. The van der Waals surface area contributed by atoms with Gasteiger partial charge in [0.15, 0.2) is 0 Å². The van der Waals surface area contributed by atoms with Crippen LogP contribution in [0.25, 0.3) is 22.6 Å². The third-order valence-electron chi connectivity index (χ3n) is 5.25. The highest BCUT2D eigenvalue weighted by Crippen LogP contribution is 2.38. The lowest BCUT2D eigenvalue weighted by molar-refractivity contribution is -0.00145. The highest BCUT2D eigenvalue weighted by Gasteiger charge is 2.32. The van der Waals surface area contributed by atoms with E-state index in [9.17, 15) is 9.50 Å². The maximum Gasteiger partial charge on any atom is 0.222 e. The molecule has 1 aromatic carbocycles. The summed E-state index contributed by atoms with van der Waals surface area (Å²) >= 11 is 0. The quantitative estimate of drug-likeness (QED) is 0.600. The van der Waals surface area contributed by atoms with Crippen LogP contribution in [0.4, 0.5) is 10.3 Å². The van der Waals surface area contributed by atoms with Gasteiger partial charge in [0.25, 0.3) is 0 Å². The molecule has 146 valence electrons. The third-order valence-corrected chi connectivity index (χ3v) is 5.25. The van der Waals surface area contributed by atoms with Gasteiger partial charge in [-0.15, -0.1) is 0 Å². The molecular weight excluding hydrogens is 359 g/mol. The van der Waals surface area contributed by atoms with E-state index in [-0.39, 0.29) is 11.9 Å². The van der Waals surface area contributed by atoms with E-state index in [1.165, 1.54) is 12.1 Å². The summed E-state index contributed by atoms with van der Waals surface area (Å²) in [5, 5.41) is 13.0. The van der Waals surface area contributed by atoms with Gasteiger partial charge >= 0.3 is 0 Å². The summed E-state index contributed by atoms with van der Waals surface area (Å²) < 4.78 is 15.5. The number of rotatable bonds is 4. The fraction of sp³-hybridized carbons (Fsp3) is 0.350. The van der Waals surface area contributed by atoms with Crippen molar-refractivity contribution in [1.82, 2.24) is 19.5 Å². The van der Waals surface area contributed by atoms with Crippen LogP contribution in [0.5, 0.6) is 0 Å². The van der Waals surface area contributed by atoms with Gasteiger partial charge in [0.05, 0.1) is 23.4 Å². The molecule has 0 spiro atoms. The summed E-state index contributed by atoms with van der Waals surface area (Å²) in [5.74, 6) is 0.217. The number of anilines is 1. The first-order chi connectivity index (χ1) is 13.5. The average Bonchev–Trinajstić information content (AvgIpc) is 3.13. The fourth-order valence-electron chi connectivity index (χ4n) is 3.70. The molecule has 1 saturated carbocycles. The number of halogens is 1. The molecule has 0 atom stereocenters. The highest BCUT2D eigenvalue weighted by molar-refractivity contribution is 5.77. The number of nitrogens with two attached hydrogens (primary N) is 1. The molecule has 2 heterocycles. The Kier molecular flexibility index (Phi) is 4.82. The zero-order chi connectivity index (χ0) is 19.7. The molecule has 0 amide bonds. The lowest BCUT2D eigenvalue weighted by Gasteiger charge is -2.34. The summed E-state index contributed by atoms with van der Waals surface area (Å²) in [7, 11) is 1.76. The van der Waals surface area contributed by atoms with Gasteiger partial charge in [-0.1, -0.05) is 0 Å². The summed E-state index contributed by atoms with van der Waals surface area (Å²) in [4.78, 5) is 13.4. The number of nitrogens with one attached hydrogen (secondary N) is 1. The monoisotopic (exact) mass is 382 g/mol. The van der Waals surface area contributed by atoms with E-state index in [0.29, 0.717) is 18.8 Å².